The Labute approximate surface area is 144 Å². The summed E-state index contributed by atoms with van der Waals surface area (Å²) in [6.45, 7) is 1.37. The van der Waals surface area contributed by atoms with Crippen LogP contribution in [0.15, 0.2) is 46.6 Å². The molecule has 0 radical (unpaired) electrons. The first kappa shape index (κ1) is 17.9. The highest BCUT2D eigenvalue weighted by Gasteiger charge is 2.54. The van der Waals surface area contributed by atoms with Crippen LogP contribution >= 0.6 is 0 Å². The third kappa shape index (κ3) is 2.81. The SMILES string of the molecule is Cc1onc(-c2ccccc2)c1C(=O)N1NC(=C(F)F)CC1(O)C(F)F. The molecular formula is C16H13F4N3O3. The fourth-order valence-electron chi connectivity index (χ4n) is 2.65. The van der Waals surface area contributed by atoms with Gasteiger partial charge in [-0.3, -0.25) is 10.2 Å². The molecule has 1 aliphatic heterocycles. The molecule has 1 saturated heterocycles. The number of hydrogen-bond donors (Lipinski definition) is 2. The maximum atomic E-state index is 13.3. The summed E-state index contributed by atoms with van der Waals surface area (Å²) < 4.78 is 57.4. The van der Waals surface area contributed by atoms with E-state index in [0.717, 1.165) is 0 Å². The first-order chi connectivity index (χ1) is 12.3. The van der Waals surface area contributed by atoms with Crippen LogP contribution in [0.5, 0.6) is 0 Å². The highest BCUT2D eigenvalue weighted by molar-refractivity contribution is 6.01. The molecule has 1 unspecified atom stereocenters. The summed E-state index contributed by atoms with van der Waals surface area (Å²) in [6.07, 6.45) is -6.93. The van der Waals surface area contributed by atoms with Crippen LogP contribution in [-0.2, 0) is 0 Å². The monoisotopic (exact) mass is 371 g/mol. The minimum Gasteiger partial charge on any atom is -0.364 e. The molecule has 6 nitrogen and oxygen atoms in total. The number of benzene rings is 1. The Kier molecular flexibility index (Phi) is 4.45. The summed E-state index contributed by atoms with van der Waals surface area (Å²) in [7, 11) is 0. The van der Waals surface area contributed by atoms with E-state index in [1.54, 1.807) is 30.3 Å². The number of aryl methyl sites for hydroxylation is 1. The number of hydrogen-bond acceptors (Lipinski definition) is 5. The van der Waals surface area contributed by atoms with E-state index >= 15 is 0 Å². The molecule has 2 aromatic rings. The number of carbonyl (C=O) groups is 1. The van der Waals surface area contributed by atoms with Crippen molar-refractivity contribution in [3.8, 4) is 11.3 Å². The summed E-state index contributed by atoms with van der Waals surface area (Å²) in [4.78, 5) is 12.8. The van der Waals surface area contributed by atoms with Crippen LogP contribution in [0.1, 0.15) is 22.5 Å². The van der Waals surface area contributed by atoms with E-state index in [4.69, 9.17) is 4.52 Å². The summed E-state index contributed by atoms with van der Waals surface area (Å²) in [5.41, 5.74) is -1.94. The lowest BCUT2D eigenvalue weighted by atomic mass is 10.0. The van der Waals surface area contributed by atoms with Crippen LogP contribution < -0.4 is 5.43 Å². The molecule has 0 bridgehead atoms. The van der Waals surface area contributed by atoms with Gasteiger partial charge in [0.05, 0.1) is 6.42 Å². The number of carbonyl (C=O) groups excluding carboxylic acids is 1. The largest absolute Gasteiger partial charge is 0.364 e. The lowest BCUT2D eigenvalue weighted by Crippen LogP contribution is -2.56. The zero-order valence-electron chi connectivity index (χ0n) is 13.3. The van der Waals surface area contributed by atoms with Crippen LogP contribution in [-0.4, -0.2) is 33.3 Å². The molecule has 0 aliphatic carbocycles. The van der Waals surface area contributed by atoms with Crippen LogP contribution in [0.25, 0.3) is 11.3 Å². The van der Waals surface area contributed by atoms with Gasteiger partial charge in [0.15, 0.2) is 0 Å². The third-order valence-corrected chi connectivity index (χ3v) is 3.98. The molecule has 1 fully saturated rings. The second-order valence-corrected chi connectivity index (χ2v) is 5.68. The van der Waals surface area contributed by atoms with Crippen molar-refractivity contribution >= 4 is 5.91 Å². The van der Waals surface area contributed by atoms with Gasteiger partial charge in [0.2, 0.25) is 5.72 Å². The summed E-state index contributed by atoms with van der Waals surface area (Å²) in [6, 6.07) is 8.26. The van der Waals surface area contributed by atoms with Crippen LogP contribution in [0.2, 0.25) is 0 Å². The van der Waals surface area contributed by atoms with E-state index in [9.17, 15) is 27.5 Å². The number of nitrogens with one attached hydrogen (secondary N) is 1. The molecule has 0 saturated carbocycles. The van der Waals surface area contributed by atoms with Gasteiger partial charge >= 0.3 is 0 Å². The Bertz CT molecular complexity index is 865. The molecule has 0 spiro atoms. The normalized spacial score (nSPS) is 19.8. The predicted octanol–water partition coefficient (Wildman–Crippen LogP) is 3.06. The van der Waals surface area contributed by atoms with Crippen LogP contribution in [0.3, 0.4) is 0 Å². The molecule has 1 aromatic heterocycles. The van der Waals surface area contributed by atoms with Gasteiger partial charge in [-0.15, -0.1) is 0 Å². The fraction of sp³-hybridized carbons (Fsp3) is 0.250. The van der Waals surface area contributed by atoms with Crippen molar-refractivity contribution in [2.24, 2.45) is 0 Å². The average molecular weight is 371 g/mol. The van der Waals surface area contributed by atoms with E-state index < -0.39 is 36.3 Å². The van der Waals surface area contributed by atoms with E-state index in [1.165, 1.54) is 6.92 Å². The van der Waals surface area contributed by atoms with Crippen LogP contribution in [0.4, 0.5) is 17.6 Å². The number of rotatable bonds is 3. The maximum Gasteiger partial charge on any atom is 0.291 e. The van der Waals surface area contributed by atoms with Crippen LogP contribution in [0, 0.1) is 6.92 Å². The Balaban J connectivity index is 2.07. The second-order valence-electron chi connectivity index (χ2n) is 5.68. The number of amides is 1. The Hall–Kier alpha value is -2.88. The van der Waals surface area contributed by atoms with Crippen molar-refractivity contribution in [3.05, 3.63) is 53.4 Å². The molecule has 26 heavy (non-hydrogen) atoms. The average Bonchev–Trinajstić information content (AvgIpc) is 3.17. The molecule has 3 rings (SSSR count). The van der Waals surface area contributed by atoms with Crippen molar-refractivity contribution in [1.82, 2.24) is 15.6 Å². The Morgan fingerprint density at radius 2 is 2.00 bits per heavy atom. The lowest BCUT2D eigenvalue weighted by molar-refractivity contribution is -0.168. The van der Waals surface area contributed by atoms with Crippen molar-refractivity contribution in [2.75, 3.05) is 0 Å². The van der Waals surface area contributed by atoms with Gasteiger partial charge in [-0.05, 0) is 6.92 Å². The number of aromatic nitrogens is 1. The summed E-state index contributed by atoms with van der Waals surface area (Å²) >= 11 is 0. The first-order valence-corrected chi connectivity index (χ1v) is 7.43. The molecule has 1 aliphatic rings. The molecule has 10 heteroatoms. The van der Waals surface area contributed by atoms with Gasteiger partial charge in [-0.2, -0.15) is 8.78 Å². The van der Waals surface area contributed by atoms with Gasteiger partial charge in [-0.25, -0.2) is 13.8 Å². The number of hydrazine groups is 1. The Morgan fingerprint density at radius 1 is 1.35 bits per heavy atom. The summed E-state index contributed by atoms with van der Waals surface area (Å²) in [5, 5.41) is 14.0. The molecule has 138 valence electrons. The highest BCUT2D eigenvalue weighted by atomic mass is 19.3. The van der Waals surface area contributed by atoms with E-state index in [-0.39, 0.29) is 22.0 Å². The number of aliphatic hydroxyl groups is 1. The van der Waals surface area contributed by atoms with Gasteiger partial charge < -0.3 is 9.63 Å². The second kappa shape index (κ2) is 6.45. The topological polar surface area (TPSA) is 78.6 Å². The standard InChI is InChI=1S/C16H13F4N3O3/c1-8-11(12(22-26-8)9-5-3-2-4-6-9)14(24)23-16(25,15(19)20)7-10(21-23)13(17)18/h2-6,15,21,25H,7H2,1H3. The van der Waals surface area contributed by atoms with Gasteiger partial charge in [0.1, 0.15) is 22.7 Å². The van der Waals surface area contributed by atoms with Crippen molar-refractivity contribution in [3.63, 3.8) is 0 Å². The van der Waals surface area contributed by atoms with E-state index in [2.05, 4.69) is 5.16 Å². The van der Waals surface area contributed by atoms with E-state index in [1.807, 2.05) is 5.43 Å². The highest BCUT2D eigenvalue weighted by Crippen LogP contribution is 2.37. The predicted molar refractivity (Wildman–Crippen MR) is 80.8 cm³/mol. The molecule has 1 amide bonds. The van der Waals surface area contributed by atoms with Crippen molar-refractivity contribution in [1.29, 1.82) is 0 Å². The molecule has 1 atom stereocenters. The quantitative estimate of drug-likeness (QED) is 0.811. The smallest absolute Gasteiger partial charge is 0.291 e. The summed E-state index contributed by atoms with van der Waals surface area (Å²) in [5.74, 6) is -1.17. The molecule has 1 aromatic carbocycles. The number of alkyl halides is 2. The van der Waals surface area contributed by atoms with Gasteiger partial charge in [0.25, 0.3) is 18.4 Å². The first-order valence-electron chi connectivity index (χ1n) is 7.43. The zero-order chi connectivity index (χ0) is 19.1. The Morgan fingerprint density at radius 3 is 2.58 bits per heavy atom. The minimum absolute atomic E-state index is 0.00887. The molecule has 2 heterocycles. The van der Waals surface area contributed by atoms with Gasteiger partial charge in [0, 0.05) is 5.56 Å². The maximum absolute atomic E-state index is 13.3. The van der Waals surface area contributed by atoms with Crippen molar-refractivity contribution < 1.29 is 32.0 Å². The van der Waals surface area contributed by atoms with Gasteiger partial charge in [-0.1, -0.05) is 35.5 Å². The van der Waals surface area contributed by atoms with E-state index in [0.29, 0.717) is 5.56 Å². The van der Waals surface area contributed by atoms with Crippen molar-refractivity contribution in [2.45, 2.75) is 25.5 Å². The lowest BCUT2D eigenvalue weighted by Gasteiger charge is -2.31. The molecule has 2 N–H and O–H groups in total. The minimum atomic E-state index is -3.49. The number of halogens is 4. The molecular weight excluding hydrogens is 358 g/mol. The number of nitrogens with zero attached hydrogens (tertiary/aromatic N) is 2. The zero-order valence-corrected chi connectivity index (χ0v) is 13.3. The third-order valence-electron chi connectivity index (χ3n) is 3.98. The fourth-order valence-corrected chi connectivity index (χ4v) is 2.65.